The second-order valence-corrected chi connectivity index (χ2v) is 7.70. The molecule has 0 spiro atoms. The molecule has 2 amide bonds. The van der Waals surface area contributed by atoms with Crippen molar-refractivity contribution >= 4 is 40.7 Å². The fourth-order valence-corrected chi connectivity index (χ4v) is 3.42. The fraction of sp³-hybridized carbons (Fsp3) is 0.125. The van der Waals surface area contributed by atoms with Gasteiger partial charge in [0.1, 0.15) is 5.75 Å². The highest BCUT2D eigenvalue weighted by Crippen LogP contribution is 2.22. The van der Waals surface area contributed by atoms with Crippen LogP contribution in [-0.2, 0) is 9.59 Å². The highest BCUT2D eigenvalue weighted by Gasteiger charge is 2.07. The molecule has 0 atom stereocenters. The molecule has 0 unspecified atom stereocenters. The summed E-state index contributed by atoms with van der Waals surface area (Å²) in [5.74, 6) is 0.392. The Hall–Kier alpha value is -3.58. The molecule has 3 rings (SSSR count). The van der Waals surface area contributed by atoms with Gasteiger partial charge in [0.05, 0.1) is 5.75 Å². The summed E-state index contributed by atoms with van der Waals surface area (Å²) in [6, 6.07) is 23.2. The predicted octanol–water partition coefficient (Wildman–Crippen LogP) is 4.64. The van der Waals surface area contributed by atoms with Crippen LogP contribution in [0.5, 0.6) is 5.75 Å². The van der Waals surface area contributed by atoms with Gasteiger partial charge in [-0.05, 0) is 61.5 Å². The zero-order chi connectivity index (χ0) is 22.1. The van der Waals surface area contributed by atoms with E-state index >= 15 is 0 Å². The van der Waals surface area contributed by atoms with Crippen LogP contribution in [0.2, 0.25) is 0 Å². The average Bonchev–Trinajstić information content (AvgIpc) is 2.78. The van der Waals surface area contributed by atoms with Gasteiger partial charge in [-0.2, -0.15) is 0 Å². The summed E-state index contributed by atoms with van der Waals surface area (Å²) in [5.41, 5.74) is 1.86. The van der Waals surface area contributed by atoms with Crippen LogP contribution in [0.15, 0.2) is 83.8 Å². The van der Waals surface area contributed by atoms with Crippen molar-refractivity contribution < 1.29 is 19.1 Å². The molecule has 31 heavy (non-hydrogen) atoms. The monoisotopic (exact) mass is 434 g/mol. The number of carbonyl (C=O) groups excluding carboxylic acids is 3. The molecule has 2 N–H and O–H groups in total. The number of amides is 2. The Balaban J connectivity index is 1.46. The number of nitrogens with one attached hydrogen (secondary N) is 2. The number of para-hydroxylation sites is 1. The molecule has 0 saturated heterocycles. The van der Waals surface area contributed by atoms with Gasteiger partial charge in [-0.15, -0.1) is 11.8 Å². The van der Waals surface area contributed by atoms with Gasteiger partial charge in [0, 0.05) is 21.8 Å². The van der Waals surface area contributed by atoms with E-state index in [0.717, 1.165) is 4.90 Å². The fourth-order valence-electron chi connectivity index (χ4n) is 2.66. The summed E-state index contributed by atoms with van der Waals surface area (Å²) < 4.78 is 5.44. The van der Waals surface area contributed by atoms with Crippen LogP contribution in [0.3, 0.4) is 0 Å². The van der Waals surface area contributed by atoms with E-state index in [9.17, 15) is 14.4 Å². The molecule has 0 bridgehead atoms. The van der Waals surface area contributed by atoms with Gasteiger partial charge in [-0.1, -0.05) is 24.3 Å². The number of rotatable bonds is 9. The Morgan fingerprint density at radius 3 is 2.23 bits per heavy atom. The molecule has 0 aliphatic carbocycles. The van der Waals surface area contributed by atoms with Crippen LogP contribution in [0, 0.1) is 0 Å². The van der Waals surface area contributed by atoms with E-state index in [1.165, 1.54) is 18.7 Å². The number of hydrogen-bond acceptors (Lipinski definition) is 5. The first-order valence-electron chi connectivity index (χ1n) is 9.61. The molecule has 6 nitrogen and oxygen atoms in total. The van der Waals surface area contributed by atoms with Crippen molar-refractivity contribution in [1.29, 1.82) is 0 Å². The third kappa shape index (κ3) is 7.31. The van der Waals surface area contributed by atoms with Crippen LogP contribution >= 0.6 is 11.8 Å². The Kier molecular flexibility index (Phi) is 7.84. The summed E-state index contributed by atoms with van der Waals surface area (Å²) in [5, 5.41) is 5.59. The van der Waals surface area contributed by atoms with E-state index in [-0.39, 0.29) is 30.0 Å². The smallest absolute Gasteiger partial charge is 0.262 e. The first-order chi connectivity index (χ1) is 15.0. The van der Waals surface area contributed by atoms with Crippen molar-refractivity contribution in [2.75, 3.05) is 23.0 Å². The van der Waals surface area contributed by atoms with E-state index in [1.54, 1.807) is 48.5 Å². The number of ether oxygens (including phenoxy) is 1. The second kappa shape index (κ2) is 11.0. The van der Waals surface area contributed by atoms with Crippen molar-refractivity contribution in [3.8, 4) is 5.75 Å². The molecular weight excluding hydrogens is 412 g/mol. The van der Waals surface area contributed by atoms with Crippen molar-refractivity contribution in [3.63, 3.8) is 0 Å². The van der Waals surface area contributed by atoms with Crippen LogP contribution < -0.4 is 15.4 Å². The minimum absolute atomic E-state index is 0.0213. The lowest BCUT2D eigenvalue weighted by molar-refractivity contribution is -0.118. The molecule has 158 valence electrons. The quantitative estimate of drug-likeness (QED) is 0.379. The van der Waals surface area contributed by atoms with Crippen LogP contribution in [0.1, 0.15) is 17.3 Å². The average molecular weight is 435 g/mol. The molecule has 0 heterocycles. The largest absolute Gasteiger partial charge is 0.484 e. The maximum absolute atomic E-state index is 12.2. The topological polar surface area (TPSA) is 84.5 Å². The maximum Gasteiger partial charge on any atom is 0.262 e. The minimum Gasteiger partial charge on any atom is -0.484 e. The molecule has 0 aromatic heterocycles. The molecule has 0 aliphatic heterocycles. The Morgan fingerprint density at radius 2 is 1.52 bits per heavy atom. The lowest BCUT2D eigenvalue weighted by Crippen LogP contribution is -2.20. The first kappa shape index (κ1) is 22.1. The van der Waals surface area contributed by atoms with E-state index in [1.807, 2.05) is 30.3 Å². The highest BCUT2D eigenvalue weighted by atomic mass is 32.2. The summed E-state index contributed by atoms with van der Waals surface area (Å²) >= 11 is 1.36. The molecule has 3 aromatic carbocycles. The third-order valence-corrected chi connectivity index (χ3v) is 5.17. The molecule has 3 aromatic rings. The lowest BCUT2D eigenvalue weighted by Gasteiger charge is -2.09. The number of ketones is 1. The molecular formula is C24H22N2O4S. The second-order valence-electron chi connectivity index (χ2n) is 6.65. The number of thioether (sulfide) groups is 1. The van der Waals surface area contributed by atoms with Crippen LogP contribution in [0.4, 0.5) is 11.4 Å². The summed E-state index contributed by atoms with van der Waals surface area (Å²) in [4.78, 5) is 36.5. The first-order valence-corrected chi connectivity index (χ1v) is 10.6. The molecule has 0 fully saturated rings. The SMILES string of the molecule is CC(=O)c1ccc(NC(=O)CSc2cccc(NC(=O)COc3ccccc3)c2)cc1. The molecule has 0 radical (unpaired) electrons. The van der Waals surface area contributed by atoms with E-state index in [0.29, 0.717) is 22.7 Å². The lowest BCUT2D eigenvalue weighted by atomic mass is 10.1. The molecule has 7 heteroatoms. The maximum atomic E-state index is 12.2. The Labute approximate surface area is 185 Å². The number of anilines is 2. The van der Waals surface area contributed by atoms with Crippen LogP contribution in [0.25, 0.3) is 0 Å². The van der Waals surface area contributed by atoms with Crippen LogP contribution in [-0.4, -0.2) is 30.0 Å². The number of hydrogen-bond donors (Lipinski definition) is 2. The number of carbonyl (C=O) groups is 3. The Bertz CT molecular complexity index is 1050. The van der Waals surface area contributed by atoms with Crippen molar-refractivity contribution in [2.24, 2.45) is 0 Å². The zero-order valence-corrected chi connectivity index (χ0v) is 17.8. The van der Waals surface area contributed by atoms with E-state index in [2.05, 4.69) is 10.6 Å². The normalized spacial score (nSPS) is 10.2. The summed E-state index contributed by atoms with van der Waals surface area (Å²) in [7, 11) is 0. The van der Waals surface area contributed by atoms with Gasteiger partial charge in [0.15, 0.2) is 12.4 Å². The Morgan fingerprint density at radius 1 is 0.806 bits per heavy atom. The van der Waals surface area contributed by atoms with Crippen molar-refractivity contribution in [1.82, 2.24) is 0 Å². The van der Waals surface area contributed by atoms with Gasteiger partial charge in [0.25, 0.3) is 5.91 Å². The van der Waals surface area contributed by atoms with Gasteiger partial charge in [-0.3, -0.25) is 14.4 Å². The van der Waals surface area contributed by atoms with E-state index < -0.39 is 0 Å². The molecule has 0 saturated carbocycles. The van der Waals surface area contributed by atoms with Gasteiger partial charge >= 0.3 is 0 Å². The highest BCUT2D eigenvalue weighted by molar-refractivity contribution is 8.00. The zero-order valence-electron chi connectivity index (χ0n) is 17.0. The third-order valence-electron chi connectivity index (χ3n) is 4.18. The minimum atomic E-state index is -0.266. The number of benzene rings is 3. The predicted molar refractivity (Wildman–Crippen MR) is 123 cm³/mol. The van der Waals surface area contributed by atoms with Gasteiger partial charge in [0.2, 0.25) is 5.91 Å². The summed E-state index contributed by atoms with van der Waals surface area (Å²) in [6.45, 7) is 1.41. The van der Waals surface area contributed by atoms with Gasteiger partial charge in [-0.25, -0.2) is 0 Å². The summed E-state index contributed by atoms with van der Waals surface area (Å²) in [6.07, 6.45) is 0. The van der Waals surface area contributed by atoms with Crippen molar-refractivity contribution in [3.05, 3.63) is 84.4 Å². The van der Waals surface area contributed by atoms with E-state index in [4.69, 9.17) is 4.74 Å². The van der Waals surface area contributed by atoms with Crippen molar-refractivity contribution in [2.45, 2.75) is 11.8 Å². The number of Topliss-reactive ketones (excluding diaryl/α,β-unsaturated/α-hetero) is 1. The van der Waals surface area contributed by atoms with Gasteiger partial charge < -0.3 is 15.4 Å². The molecule has 0 aliphatic rings. The standard InChI is InChI=1S/C24H22N2O4S/c1-17(27)18-10-12-19(13-11-18)25-24(29)16-31-22-9-5-6-20(14-22)26-23(28)15-30-21-7-3-2-4-8-21/h2-14H,15-16H2,1H3,(H,25,29)(H,26,28).